The van der Waals surface area contributed by atoms with Crippen LogP contribution in [-0.4, -0.2) is 58.4 Å². The lowest BCUT2D eigenvalue weighted by Gasteiger charge is -2.33. The number of hydrogen-bond donors (Lipinski definition) is 1. The van der Waals surface area contributed by atoms with E-state index in [1.54, 1.807) is 12.4 Å². The third-order valence-corrected chi connectivity index (χ3v) is 3.64. The summed E-state index contributed by atoms with van der Waals surface area (Å²) in [6.45, 7) is 3.72. The molecule has 102 valence electrons. The number of carbonyl (C=O) groups is 1. The Morgan fingerprint density at radius 2 is 2.20 bits per heavy atom. The van der Waals surface area contributed by atoms with E-state index in [4.69, 9.17) is 6.42 Å². The highest BCUT2D eigenvalue weighted by molar-refractivity contribution is 6.05. The second kappa shape index (κ2) is 5.35. The minimum atomic E-state index is 0.0373. The second-order valence-corrected chi connectivity index (χ2v) is 4.87. The fourth-order valence-corrected chi connectivity index (χ4v) is 2.53. The number of piperazine rings is 1. The molecule has 3 rings (SSSR count). The van der Waals surface area contributed by atoms with Crippen LogP contribution in [0.1, 0.15) is 10.4 Å². The SMILES string of the molecule is C#CCN1CCN(C(=O)c2c[nH]c3cccnc23)CC1. The van der Waals surface area contributed by atoms with E-state index in [9.17, 15) is 4.79 Å². The van der Waals surface area contributed by atoms with E-state index < -0.39 is 0 Å². The van der Waals surface area contributed by atoms with Crippen molar-refractivity contribution in [2.24, 2.45) is 0 Å². The van der Waals surface area contributed by atoms with Crippen LogP contribution in [0.25, 0.3) is 11.0 Å². The van der Waals surface area contributed by atoms with Crippen molar-refractivity contribution in [3.8, 4) is 12.3 Å². The average molecular weight is 268 g/mol. The van der Waals surface area contributed by atoms with Crippen LogP contribution in [0.3, 0.4) is 0 Å². The van der Waals surface area contributed by atoms with Crippen molar-refractivity contribution in [3.63, 3.8) is 0 Å². The summed E-state index contributed by atoms with van der Waals surface area (Å²) in [5.74, 6) is 2.68. The van der Waals surface area contributed by atoms with Crippen LogP contribution in [0.15, 0.2) is 24.5 Å². The van der Waals surface area contributed by atoms with E-state index in [2.05, 4.69) is 20.8 Å². The summed E-state index contributed by atoms with van der Waals surface area (Å²) in [6.07, 6.45) is 8.76. The minimum Gasteiger partial charge on any atom is -0.359 e. The molecule has 0 spiro atoms. The molecule has 0 unspecified atom stereocenters. The van der Waals surface area contributed by atoms with E-state index in [0.29, 0.717) is 25.2 Å². The number of pyridine rings is 1. The van der Waals surface area contributed by atoms with Crippen LogP contribution < -0.4 is 0 Å². The first-order valence-electron chi connectivity index (χ1n) is 6.67. The number of aromatic nitrogens is 2. The molecule has 5 nitrogen and oxygen atoms in total. The molecule has 0 atom stereocenters. The van der Waals surface area contributed by atoms with Gasteiger partial charge < -0.3 is 9.88 Å². The summed E-state index contributed by atoms with van der Waals surface area (Å²) in [4.78, 5) is 24.0. The number of amides is 1. The minimum absolute atomic E-state index is 0.0373. The molecule has 0 bridgehead atoms. The van der Waals surface area contributed by atoms with Gasteiger partial charge in [-0.2, -0.15) is 0 Å². The number of H-pyrrole nitrogens is 1. The van der Waals surface area contributed by atoms with Crippen molar-refractivity contribution in [2.45, 2.75) is 0 Å². The van der Waals surface area contributed by atoms with Crippen LogP contribution >= 0.6 is 0 Å². The van der Waals surface area contributed by atoms with Gasteiger partial charge in [0.05, 0.1) is 17.6 Å². The lowest BCUT2D eigenvalue weighted by molar-refractivity contribution is 0.0654. The molecule has 5 heteroatoms. The highest BCUT2D eigenvalue weighted by Crippen LogP contribution is 2.17. The number of nitrogens with zero attached hydrogens (tertiary/aromatic N) is 3. The van der Waals surface area contributed by atoms with Crippen molar-refractivity contribution >= 4 is 16.9 Å². The molecule has 1 amide bonds. The van der Waals surface area contributed by atoms with Crippen molar-refractivity contribution in [1.82, 2.24) is 19.8 Å². The first-order chi connectivity index (χ1) is 9.79. The van der Waals surface area contributed by atoms with Crippen molar-refractivity contribution in [1.29, 1.82) is 0 Å². The summed E-state index contributed by atoms with van der Waals surface area (Å²) in [5, 5.41) is 0. The molecular weight excluding hydrogens is 252 g/mol. The molecule has 0 saturated carbocycles. The Hall–Kier alpha value is -2.32. The van der Waals surface area contributed by atoms with Gasteiger partial charge in [-0.3, -0.25) is 14.7 Å². The van der Waals surface area contributed by atoms with Crippen LogP contribution in [0, 0.1) is 12.3 Å². The summed E-state index contributed by atoms with van der Waals surface area (Å²) in [6, 6.07) is 3.77. The largest absolute Gasteiger partial charge is 0.359 e. The summed E-state index contributed by atoms with van der Waals surface area (Å²) in [7, 11) is 0. The van der Waals surface area contributed by atoms with E-state index >= 15 is 0 Å². The van der Waals surface area contributed by atoms with Gasteiger partial charge in [0.25, 0.3) is 5.91 Å². The van der Waals surface area contributed by atoms with Crippen molar-refractivity contribution in [3.05, 3.63) is 30.1 Å². The summed E-state index contributed by atoms with van der Waals surface area (Å²) >= 11 is 0. The zero-order chi connectivity index (χ0) is 13.9. The van der Waals surface area contributed by atoms with E-state index in [-0.39, 0.29) is 5.91 Å². The molecule has 1 N–H and O–H groups in total. The Morgan fingerprint density at radius 3 is 2.95 bits per heavy atom. The highest BCUT2D eigenvalue weighted by atomic mass is 16.2. The molecule has 2 aromatic heterocycles. The number of nitrogens with one attached hydrogen (secondary N) is 1. The molecule has 0 aromatic carbocycles. The lowest BCUT2D eigenvalue weighted by atomic mass is 10.2. The molecule has 0 radical (unpaired) electrons. The zero-order valence-corrected chi connectivity index (χ0v) is 11.2. The Balaban J connectivity index is 1.76. The maximum atomic E-state index is 12.5. The lowest BCUT2D eigenvalue weighted by Crippen LogP contribution is -2.48. The monoisotopic (exact) mass is 268 g/mol. The number of terminal acetylenes is 1. The highest BCUT2D eigenvalue weighted by Gasteiger charge is 2.23. The zero-order valence-electron chi connectivity index (χ0n) is 11.2. The maximum Gasteiger partial charge on any atom is 0.257 e. The molecule has 2 aromatic rings. The molecule has 1 fully saturated rings. The van der Waals surface area contributed by atoms with Crippen molar-refractivity contribution < 1.29 is 4.79 Å². The predicted octanol–water partition coefficient (Wildman–Crippen LogP) is 0.954. The Kier molecular flexibility index (Phi) is 3.40. The predicted molar refractivity (Wildman–Crippen MR) is 77.3 cm³/mol. The van der Waals surface area contributed by atoms with Gasteiger partial charge >= 0.3 is 0 Å². The molecule has 0 aliphatic carbocycles. The van der Waals surface area contributed by atoms with Crippen LogP contribution in [0.4, 0.5) is 0 Å². The molecule has 1 aliphatic rings. The second-order valence-electron chi connectivity index (χ2n) is 4.87. The molecular formula is C15H16N4O. The fourth-order valence-electron chi connectivity index (χ4n) is 2.53. The summed E-state index contributed by atoms with van der Waals surface area (Å²) < 4.78 is 0. The normalized spacial score (nSPS) is 16.2. The topological polar surface area (TPSA) is 52.2 Å². The van der Waals surface area contributed by atoms with E-state index in [0.717, 1.165) is 24.1 Å². The Bertz CT molecular complexity index is 662. The number of aromatic amines is 1. The third-order valence-electron chi connectivity index (χ3n) is 3.64. The first-order valence-corrected chi connectivity index (χ1v) is 6.67. The van der Waals surface area contributed by atoms with E-state index in [1.165, 1.54) is 0 Å². The molecule has 20 heavy (non-hydrogen) atoms. The van der Waals surface area contributed by atoms with Gasteiger partial charge in [0.15, 0.2) is 0 Å². The van der Waals surface area contributed by atoms with Gasteiger partial charge in [-0.25, -0.2) is 0 Å². The molecule has 1 aliphatic heterocycles. The van der Waals surface area contributed by atoms with E-state index in [1.807, 2.05) is 17.0 Å². The van der Waals surface area contributed by atoms with Gasteiger partial charge in [0.1, 0.15) is 5.52 Å². The third kappa shape index (κ3) is 2.26. The van der Waals surface area contributed by atoms with Crippen LogP contribution in [-0.2, 0) is 0 Å². The van der Waals surface area contributed by atoms with Gasteiger partial charge in [0, 0.05) is 38.6 Å². The Morgan fingerprint density at radius 1 is 1.40 bits per heavy atom. The number of carbonyl (C=O) groups excluding carboxylic acids is 1. The molecule has 1 saturated heterocycles. The smallest absolute Gasteiger partial charge is 0.257 e. The van der Waals surface area contributed by atoms with Gasteiger partial charge in [-0.1, -0.05) is 5.92 Å². The number of rotatable bonds is 2. The molecule has 3 heterocycles. The van der Waals surface area contributed by atoms with Crippen LogP contribution in [0.5, 0.6) is 0 Å². The Labute approximate surface area is 117 Å². The maximum absolute atomic E-state index is 12.5. The first kappa shape index (κ1) is 12.7. The van der Waals surface area contributed by atoms with Crippen LogP contribution in [0.2, 0.25) is 0 Å². The summed E-state index contributed by atoms with van der Waals surface area (Å²) in [5.41, 5.74) is 2.27. The number of fused-ring (bicyclic) bond motifs is 1. The van der Waals surface area contributed by atoms with Gasteiger partial charge in [-0.15, -0.1) is 6.42 Å². The fraction of sp³-hybridized carbons (Fsp3) is 0.333. The van der Waals surface area contributed by atoms with Gasteiger partial charge in [0.2, 0.25) is 0 Å². The van der Waals surface area contributed by atoms with Gasteiger partial charge in [-0.05, 0) is 12.1 Å². The average Bonchev–Trinajstić information content (AvgIpc) is 2.92. The van der Waals surface area contributed by atoms with Crippen molar-refractivity contribution in [2.75, 3.05) is 32.7 Å². The quantitative estimate of drug-likeness (QED) is 0.825. The number of hydrogen-bond acceptors (Lipinski definition) is 3. The standard InChI is InChI=1S/C15H16N4O/c1-2-6-18-7-9-19(10-8-18)15(20)12-11-17-13-4-3-5-16-14(12)13/h1,3-5,11,17H,6-10H2.